The molecule has 154 valence electrons. The first kappa shape index (κ1) is 22.6. The number of rotatable bonds is 7. The maximum Gasteiger partial charge on any atom is 0.220 e. The zero-order valence-corrected chi connectivity index (χ0v) is 19.1. The highest BCUT2D eigenvalue weighted by molar-refractivity contribution is 6.74. The topological polar surface area (TPSA) is 38.8 Å². The highest BCUT2D eigenvalue weighted by Crippen LogP contribution is 2.38. The van der Waals surface area contributed by atoms with Crippen LogP contribution >= 0.6 is 0 Å². The molecule has 3 atom stereocenters. The van der Waals surface area contributed by atoms with Gasteiger partial charge in [-0.15, -0.1) is 6.58 Å². The third-order valence-electron chi connectivity index (χ3n) is 5.82. The zero-order chi connectivity index (χ0) is 20.9. The van der Waals surface area contributed by atoms with Crippen LogP contribution in [-0.4, -0.2) is 43.9 Å². The van der Waals surface area contributed by atoms with Gasteiger partial charge in [0.25, 0.3) is 0 Å². The molecule has 0 bridgehead atoms. The fraction of sp³-hybridized carbons (Fsp3) is 0.522. The van der Waals surface area contributed by atoms with E-state index in [1.165, 1.54) is 0 Å². The van der Waals surface area contributed by atoms with Crippen LogP contribution in [0, 0.1) is 0 Å². The number of carbonyl (C=O) groups is 1. The van der Waals surface area contributed by atoms with Crippen LogP contribution in [0.2, 0.25) is 18.1 Å². The van der Waals surface area contributed by atoms with Crippen molar-refractivity contribution >= 4 is 14.2 Å². The van der Waals surface area contributed by atoms with Crippen molar-refractivity contribution in [2.75, 3.05) is 6.54 Å². The highest BCUT2D eigenvalue weighted by atomic mass is 28.4. The summed E-state index contributed by atoms with van der Waals surface area (Å²) in [6.45, 7) is 17.8. The molecule has 0 spiro atoms. The fourth-order valence-corrected chi connectivity index (χ4v) is 4.39. The number of amides is 1. The molecule has 1 aliphatic rings. The zero-order valence-electron chi connectivity index (χ0n) is 18.1. The molecule has 0 aromatic heterocycles. The summed E-state index contributed by atoms with van der Waals surface area (Å²) < 4.78 is 12.9. The third kappa shape index (κ3) is 5.43. The van der Waals surface area contributed by atoms with Crippen LogP contribution in [0.15, 0.2) is 55.1 Å². The summed E-state index contributed by atoms with van der Waals surface area (Å²) >= 11 is 0. The van der Waals surface area contributed by atoms with Crippen molar-refractivity contribution in [2.45, 2.75) is 70.7 Å². The van der Waals surface area contributed by atoms with Crippen LogP contribution in [0.25, 0.3) is 0 Å². The van der Waals surface area contributed by atoms with Crippen LogP contribution in [0.1, 0.15) is 33.3 Å². The average molecular weight is 402 g/mol. The molecule has 1 aromatic carbocycles. The second-order valence-corrected chi connectivity index (χ2v) is 13.7. The van der Waals surface area contributed by atoms with E-state index in [1.807, 2.05) is 47.4 Å². The van der Waals surface area contributed by atoms with Gasteiger partial charge in [0.2, 0.25) is 5.91 Å². The summed E-state index contributed by atoms with van der Waals surface area (Å²) in [6.07, 6.45) is 5.36. The van der Waals surface area contributed by atoms with Crippen molar-refractivity contribution in [2.24, 2.45) is 0 Å². The average Bonchev–Trinajstić information content (AvgIpc) is 2.64. The summed E-state index contributed by atoms with van der Waals surface area (Å²) in [6, 6.07) is 9.86. The summed E-state index contributed by atoms with van der Waals surface area (Å²) in [7, 11) is -2.04. The standard InChI is InChI=1S/C23H35NO3Si/c1-8-20(27-28(6,7)23(3,4)5)22-21(15-12-16-24(22)18(2)25)26-17-19-13-10-9-11-14-19/h8-15,20-22H,1,16-17H2,2-7H3/t20-,21+,22+/m1/s1. The largest absolute Gasteiger partial charge is 0.408 e. The molecule has 1 heterocycles. The van der Waals surface area contributed by atoms with Crippen LogP contribution in [-0.2, 0) is 20.6 Å². The first-order chi connectivity index (χ1) is 13.1. The molecule has 1 aliphatic heterocycles. The minimum absolute atomic E-state index is 0.0216. The monoisotopic (exact) mass is 401 g/mol. The molecular weight excluding hydrogens is 366 g/mol. The van der Waals surface area contributed by atoms with Gasteiger partial charge in [-0.1, -0.05) is 69.3 Å². The van der Waals surface area contributed by atoms with Gasteiger partial charge in [0.1, 0.15) is 0 Å². The summed E-state index contributed by atoms with van der Waals surface area (Å²) in [5.74, 6) is 0.0216. The smallest absolute Gasteiger partial charge is 0.220 e. The Kier molecular flexibility index (Phi) is 7.43. The van der Waals surface area contributed by atoms with Crippen LogP contribution in [0.4, 0.5) is 0 Å². The molecule has 28 heavy (non-hydrogen) atoms. The summed E-state index contributed by atoms with van der Waals surface area (Å²) in [5.41, 5.74) is 1.11. The minimum Gasteiger partial charge on any atom is -0.408 e. The van der Waals surface area contributed by atoms with E-state index in [-0.39, 0.29) is 29.2 Å². The molecule has 0 fully saturated rings. The Morgan fingerprint density at radius 1 is 1.32 bits per heavy atom. The van der Waals surface area contributed by atoms with Gasteiger partial charge in [0.15, 0.2) is 8.32 Å². The number of hydrogen-bond acceptors (Lipinski definition) is 3. The van der Waals surface area contributed by atoms with Crippen molar-refractivity contribution in [3.05, 3.63) is 60.7 Å². The Balaban J connectivity index is 2.27. The van der Waals surface area contributed by atoms with Crippen molar-refractivity contribution in [3.63, 3.8) is 0 Å². The van der Waals surface area contributed by atoms with Gasteiger partial charge >= 0.3 is 0 Å². The molecule has 0 saturated carbocycles. The number of hydrogen-bond donors (Lipinski definition) is 0. The van der Waals surface area contributed by atoms with E-state index in [0.717, 1.165) is 5.56 Å². The van der Waals surface area contributed by atoms with E-state index in [0.29, 0.717) is 13.2 Å². The SMILES string of the molecule is C=C[C@@H](O[Si](C)(C)C(C)(C)C)[C@H]1[C@@H](OCc2ccccc2)C=CCN1C(C)=O. The molecule has 0 saturated heterocycles. The first-order valence-electron chi connectivity index (χ1n) is 9.96. The van der Waals surface area contributed by atoms with E-state index < -0.39 is 8.32 Å². The van der Waals surface area contributed by atoms with Gasteiger partial charge < -0.3 is 14.1 Å². The fourth-order valence-electron chi connectivity index (χ4n) is 3.12. The van der Waals surface area contributed by atoms with E-state index in [4.69, 9.17) is 9.16 Å². The molecule has 0 N–H and O–H groups in total. The van der Waals surface area contributed by atoms with Crippen molar-refractivity contribution < 1.29 is 14.0 Å². The van der Waals surface area contributed by atoms with Gasteiger partial charge in [-0.25, -0.2) is 0 Å². The number of carbonyl (C=O) groups excluding carboxylic acids is 1. The molecule has 0 unspecified atom stereocenters. The number of benzene rings is 1. The number of ether oxygens (including phenoxy) is 1. The van der Waals surface area contributed by atoms with Crippen LogP contribution in [0.3, 0.4) is 0 Å². The summed E-state index contributed by atoms with van der Waals surface area (Å²) in [4.78, 5) is 14.2. The lowest BCUT2D eigenvalue weighted by atomic mass is 9.98. The minimum atomic E-state index is -2.04. The third-order valence-corrected chi connectivity index (χ3v) is 10.3. The lowest BCUT2D eigenvalue weighted by Gasteiger charge is -2.45. The molecule has 5 heteroatoms. The highest BCUT2D eigenvalue weighted by Gasteiger charge is 2.43. The van der Waals surface area contributed by atoms with E-state index in [9.17, 15) is 4.79 Å². The Hall–Kier alpha value is -1.69. The van der Waals surface area contributed by atoms with Crippen LogP contribution < -0.4 is 0 Å². The molecule has 4 nitrogen and oxygen atoms in total. The van der Waals surface area contributed by atoms with Gasteiger partial charge in [0.05, 0.1) is 24.9 Å². The lowest BCUT2D eigenvalue weighted by molar-refractivity contribution is -0.137. The molecule has 2 rings (SSSR count). The lowest BCUT2D eigenvalue weighted by Crippen LogP contribution is -2.58. The molecule has 1 amide bonds. The van der Waals surface area contributed by atoms with Crippen LogP contribution in [0.5, 0.6) is 0 Å². The van der Waals surface area contributed by atoms with Crippen molar-refractivity contribution in [1.29, 1.82) is 0 Å². The Morgan fingerprint density at radius 2 is 1.96 bits per heavy atom. The Bertz CT molecular complexity index is 694. The Morgan fingerprint density at radius 3 is 2.50 bits per heavy atom. The Labute approximate surface area is 171 Å². The van der Waals surface area contributed by atoms with E-state index in [2.05, 4.69) is 46.5 Å². The predicted molar refractivity (Wildman–Crippen MR) is 118 cm³/mol. The van der Waals surface area contributed by atoms with E-state index >= 15 is 0 Å². The maximum absolute atomic E-state index is 12.4. The predicted octanol–water partition coefficient (Wildman–Crippen LogP) is 4.94. The van der Waals surface area contributed by atoms with Gasteiger partial charge in [0, 0.05) is 13.5 Å². The van der Waals surface area contributed by atoms with Crippen molar-refractivity contribution in [1.82, 2.24) is 4.90 Å². The van der Waals surface area contributed by atoms with E-state index in [1.54, 1.807) is 6.92 Å². The van der Waals surface area contributed by atoms with Gasteiger partial charge in [-0.2, -0.15) is 0 Å². The molecule has 0 radical (unpaired) electrons. The number of nitrogens with zero attached hydrogens (tertiary/aromatic N) is 1. The quantitative estimate of drug-likeness (QED) is 0.480. The second-order valence-electron chi connectivity index (χ2n) is 8.93. The van der Waals surface area contributed by atoms with Crippen molar-refractivity contribution in [3.8, 4) is 0 Å². The molecule has 0 aliphatic carbocycles. The van der Waals surface area contributed by atoms with Gasteiger partial charge in [-0.3, -0.25) is 4.79 Å². The molecular formula is C23H35NO3Si. The van der Waals surface area contributed by atoms with Gasteiger partial charge in [-0.05, 0) is 23.7 Å². The normalized spacial score (nSPS) is 21.4. The summed E-state index contributed by atoms with van der Waals surface area (Å²) in [5, 5.41) is 0.0697. The molecule has 1 aromatic rings. The first-order valence-corrected chi connectivity index (χ1v) is 12.9. The maximum atomic E-state index is 12.4. The second kappa shape index (κ2) is 9.20.